The molecule has 2 atom stereocenters. The molecule has 0 aliphatic carbocycles. The molecule has 2 heteroatoms. The van der Waals surface area contributed by atoms with Crippen LogP contribution < -0.4 is 0 Å². The topological polar surface area (TPSA) is 12.4 Å². The van der Waals surface area contributed by atoms with Gasteiger partial charge >= 0.3 is 0 Å². The molecule has 55 valence electrons. The van der Waals surface area contributed by atoms with Crippen LogP contribution in [0, 0.1) is 11.8 Å². The van der Waals surface area contributed by atoms with Gasteiger partial charge < -0.3 is 0 Å². The normalized spacial score (nSPS) is 30.4. The molecule has 1 heterocycles. The molecule has 1 aliphatic rings. The van der Waals surface area contributed by atoms with Crippen LogP contribution in [0.5, 0.6) is 0 Å². The molecule has 0 amide bonds. The Morgan fingerprint density at radius 3 is 2.60 bits per heavy atom. The van der Waals surface area contributed by atoms with Gasteiger partial charge in [0, 0.05) is 12.1 Å². The van der Waals surface area contributed by atoms with Crippen molar-refractivity contribution >= 4 is 13.5 Å². The molecule has 0 N–H and O–H groups in total. The standard InChI is InChI=1S/C8H15BN/c1-6(2)7-5-10-8(7)4-9-3/h5-8H,4H2,1-3H3. The Morgan fingerprint density at radius 2 is 2.30 bits per heavy atom. The van der Waals surface area contributed by atoms with Crippen LogP contribution in [0.15, 0.2) is 4.99 Å². The average Bonchev–Trinajstić information content (AvgIpc) is 1.78. The Hall–Kier alpha value is -0.265. The fourth-order valence-electron chi connectivity index (χ4n) is 1.38. The highest BCUT2D eigenvalue weighted by Gasteiger charge is 2.27. The van der Waals surface area contributed by atoms with E-state index in [1.807, 2.05) is 0 Å². The predicted octanol–water partition coefficient (Wildman–Crippen LogP) is 1.88. The van der Waals surface area contributed by atoms with Crippen LogP contribution in [0.3, 0.4) is 0 Å². The number of aliphatic imine (C=N–C) groups is 1. The third kappa shape index (κ3) is 1.42. The lowest BCUT2D eigenvalue weighted by Crippen LogP contribution is -2.33. The largest absolute Gasteiger partial charge is 0.294 e. The molecule has 10 heavy (non-hydrogen) atoms. The Kier molecular flexibility index (Phi) is 2.53. The lowest BCUT2D eigenvalue weighted by molar-refractivity contribution is 0.402. The van der Waals surface area contributed by atoms with Gasteiger partial charge in [-0.2, -0.15) is 0 Å². The Labute approximate surface area is 64.2 Å². The van der Waals surface area contributed by atoms with Crippen molar-refractivity contribution in [2.24, 2.45) is 16.8 Å². The number of hydrogen-bond acceptors (Lipinski definition) is 1. The van der Waals surface area contributed by atoms with Gasteiger partial charge in [-0.3, -0.25) is 4.99 Å². The lowest BCUT2D eigenvalue weighted by atomic mass is 9.68. The molecule has 1 nitrogen and oxygen atoms in total. The number of rotatable bonds is 3. The summed E-state index contributed by atoms with van der Waals surface area (Å²) in [6.45, 7) is 6.63. The van der Waals surface area contributed by atoms with Gasteiger partial charge in [0.2, 0.25) is 0 Å². The van der Waals surface area contributed by atoms with Crippen LogP contribution in [-0.4, -0.2) is 19.5 Å². The van der Waals surface area contributed by atoms with Crippen LogP contribution >= 0.6 is 0 Å². The number of hydrogen-bond donors (Lipinski definition) is 0. The monoisotopic (exact) mass is 136 g/mol. The van der Waals surface area contributed by atoms with Crippen molar-refractivity contribution in [1.82, 2.24) is 0 Å². The van der Waals surface area contributed by atoms with Crippen LogP contribution in [0.4, 0.5) is 0 Å². The van der Waals surface area contributed by atoms with Gasteiger partial charge in [-0.15, -0.1) is 0 Å². The second-order valence-corrected chi connectivity index (χ2v) is 3.33. The fraction of sp³-hybridized carbons (Fsp3) is 0.875. The van der Waals surface area contributed by atoms with E-state index in [0.29, 0.717) is 6.04 Å². The Morgan fingerprint density at radius 1 is 1.60 bits per heavy atom. The molecule has 0 aromatic rings. The smallest absolute Gasteiger partial charge is 0.108 e. The average molecular weight is 136 g/mol. The van der Waals surface area contributed by atoms with Crippen molar-refractivity contribution in [1.29, 1.82) is 0 Å². The zero-order valence-corrected chi connectivity index (χ0v) is 7.04. The van der Waals surface area contributed by atoms with Gasteiger partial charge in [0.05, 0.1) is 6.04 Å². The molecule has 0 bridgehead atoms. The second-order valence-electron chi connectivity index (χ2n) is 3.33. The minimum atomic E-state index is 0.602. The third-order valence-corrected chi connectivity index (χ3v) is 2.14. The SMILES string of the molecule is C[B]CC1N=CC1C(C)C. The molecule has 1 radical (unpaired) electrons. The van der Waals surface area contributed by atoms with Crippen molar-refractivity contribution in [3.8, 4) is 0 Å². The summed E-state index contributed by atoms with van der Waals surface area (Å²) in [4.78, 5) is 4.31. The van der Waals surface area contributed by atoms with Crippen LogP contribution in [0.25, 0.3) is 0 Å². The van der Waals surface area contributed by atoms with Crippen molar-refractivity contribution in [3.05, 3.63) is 0 Å². The molecule has 0 saturated carbocycles. The minimum absolute atomic E-state index is 0.602. The molecule has 1 aliphatic heterocycles. The van der Waals surface area contributed by atoms with Gasteiger partial charge in [0.25, 0.3) is 0 Å². The highest BCUT2D eigenvalue weighted by molar-refractivity contribution is 6.33. The van der Waals surface area contributed by atoms with E-state index >= 15 is 0 Å². The maximum Gasteiger partial charge on any atom is 0.108 e. The Bertz CT molecular complexity index is 131. The van der Waals surface area contributed by atoms with Crippen molar-refractivity contribution in [2.75, 3.05) is 0 Å². The summed E-state index contributed by atoms with van der Waals surface area (Å²) in [5.74, 6) is 1.51. The first-order valence-electron chi connectivity index (χ1n) is 4.06. The van der Waals surface area contributed by atoms with Gasteiger partial charge in [0.1, 0.15) is 7.28 Å². The van der Waals surface area contributed by atoms with Gasteiger partial charge in [-0.05, 0) is 5.92 Å². The first kappa shape index (κ1) is 7.84. The summed E-state index contributed by atoms with van der Waals surface area (Å²) in [7, 11) is 2.20. The van der Waals surface area contributed by atoms with E-state index in [4.69, 9.17) is 0 Å². The summed E-state index contributed by atoms with van der Waals surface area (Å²) in [6.07, 6.45) is 3.25. The zero-order valence-electron chi connectivity index (χ0n) is 7.04. The summed E-state index contributed by atoms with van der Waals surface area (Å²) in [5.41, 5.74) is 0. The molecule has 0 aromatic carbocycles. The van der Waals surface area contributed by atoms with E-state index < -0.39 is 0 Å². The summed E-state index contributed by atoms with van der Waals surface area (Å²) in [5, 5.41) is 0. The van der Waals surface area contributed by atoms with E-state index in [1.165, 1.54) is 0 Å². The quantitative estimate of drug-likeness (QED) is 0.525. The first-order chi connectivity index (χ1) is 4.75. The molecule has 0 fully saturated rings. The molecular weight excluding hydrogens is 121 g/mol. The highest BCUT2D eigenvalue weighted by Crippen LogP contribution is 2.25. The van der Waals surface area contributed by atoms with Crippen molar-refractivity contribution in [2.45, 2.75) is 33.0 Å². The highest BCUT2D eigenvalue weighted by atomic mass is 14.9. The predicted molar refractivity (Wildman–Crippen MR) is 47.0 cm³/mol. The maximum absolute atomic E-state index is 4.31. The van der Waals surface area contributed by atoms with Gasteiger partial charge in [-0.1, -0.05) is 27.0 Å². The van der Waals surface area contributed by atoms with Crippen LogP contribution in [0.2, 0.25) is 13.1 Å². The van der Waals surface area contributed by atoms with E-state index in [0.717, 1.165) is 18.2 Å². The van der Waals surface area contributed by atoms with E-state index in [1.54, 1.807) is 0 Å². The van der Waals surface area contributed by atoms with Gasteiger partial charge in [-0.25, -0.2) is 0 Å². The van der Waals surface area contributed by atoms with E-state index in [9.17, 15) is 0 Å². The fourth-order valence-corrected chi connectivity index (χ4v) is 1.38. The summed E-state index contributed by atoms with van der Waals surface area (Å²) >= 11 is 0. The first-order valence-corrected chi connectivity index (χ1v) is 4.06. The molecule has 0 saturated heterocycles. The zero-order chi connectivity index (χ0) is 7.56. The number of nitrogens with zero attached hydrogens (tertiary/aromatic N) is 1. The third-order valence-electron chi connectivity index (χ3n) is 2.14. The van der Waals surface area contributed by atoms with Crippen molar-refractivity contribution in [3.63, 3.8) is 0 Å². The molecule has 0 aromatic heterocycles. The molecule has 0 spiro atoms. The summed E-state index contributed by atoms with van der Waals surface area (Å²) in [6, 6.07) is 0.602. The van der Waals surface area contributed by atoms with Crippen LogP contribution in [-0.2, 0) is 0 Å². The van der Waals surface area contributed by atoms with E-state index in [2.05, 4.69) is 39.2 Å². The molecule has 1 rings (SSSR count). The van der Waals surface area contributed by atoms with Gasteiger partial charge in [0.15, 0.2) is 0 Å². The molecule has 2 unspecified atom stereocenters. The second kappa shape index (κ2) is 3.22. The van der Waals surface area contributed by atoms with Crippen LogP contribution in [0.1, 0.15) is 13.8 Å². The minimum Gasteiger partial charge on any atom is -0.294 e. The summed E-state index contributed by atoms with van der Waals surface area (Å²) < 4.78 is 0. The lowest BCUT2D eigenvalue weighted by Gasteiger charge is -2.31. The van der Waals surface area contributed by atoms with E-state index in [-0.39, 0.29) is 0 Å². The maximum atomic E-state index is 4.31. The molecular formula is C8H15BN. The Balaban J connectivity index is 2.31. The van der Waals surface area contributed by atoms with Crippen molar-refractivity contribution < 1.29 is 0 Å².